The maximum atomic E-state index is 11.0. The van der Waals surface area contributed by atoms with Gasteiger partial charge in [-0.25, -0.2) is 0 Å². The van der Waals surface area contributed by atoms with Crippen LogP contribution in [0.1, 0.15) is 6.42 Å². The highest BCUT2D eigenvalue weighted by Crippen LogP contribution is 2.21. The van der Waals surface area contributed by atoms with Crippen LogP contribution in [0.15, 0.2) is 4.99 Å². The van der Waals surface area contributed by atoms with Crippen LogP contribution in [0.4, 0.5) is 0 Å². The first-order valence-electron chi connectivity index (χ1n) is 3.25. The lowest BCUT2D eigenvalue weighted by molar-refractivity contribution is -0.141. The summed E-state index contributed by atoms with van der Waals surface area (Å²) < 4.78 is 4.46. The Morgan fingerprint density at radius 1 is 1.83 bits per heavy atom. The van der Waals surface area contributed by atoms with E-state index in [4.69, 9.17) is 5.73 Å². The average molecular weight is 188 g/mol. The van der Waals surface area contributed by atoms with E-state index < -0.39 is 11.2 Å². The molecule has 0 radical (unpaired) electrons. The first-order valence-corrected chi connectivity index (χ1v) is 4.13. The van der Waals surface area contributed by atoms with Crippen molar-refractivity contribution in [3.05, 3.63) is 0 Å². The second kappa shape index (κ2) is 3.57. The van der Waals surface area contributed by atoms with Crippen molar-refractivity contribution in [3.8, 4) is 0 Å². The van der Waals surface area contributed by atoms with Crippen molar-refractivity contribution in [2.45, 2.75) is 11.7 Å². The zero-order valence-electron chi connectivity index (χ0n) is 6.44. The van der Waals surface area contributed by atoms with E-state index >= 15 is 0 Å². The quantitative estimate of drug-likeness (QED) is 0.561. The summed E-state index contributed by atoms with van der Waals surface area (Å²) in [6.45, 7) is 0. The predicted octanol–water partition coefficient (Wildman–Crippen LogP) is -0.494. The molecular formula is C6H8N2O3S. The van der Waals surface area contributed by atoms with Crippen molar-refractivity contribution < 1.29 is 14.3 Å². The van der Waals surface area contributed by atoms with Crippen molar-refractivity contribution in [2.24, 2.45) is 10.7 Å². The molecule has 66 valence electrons. The molecule has 0 aromatic heterocycles. The monoisotopic (exact) mass is 188 g/mol. The smallest absolute Gasteiger partial charge is 0.319 e. The first-order chi connectivity index (χ1) is 5.63. The van der Waals surface area contributed by atoms with Gasteiger partial charge in [-0.05, 0) is 0 Å². The van der Waals surface area contributed by atoms with Crippen LogP contribution < -0.4 is 5.73 Å². The normalized spacial score (nSPS) is 23.2. The molecule has 1 unspecified atom stereocenters. The number of rotatable bonds is 1. The van der Waals surface area contributed by atoms with E-state index in [-0.39, 0.29) is 17.5 Å². The number of ether oxygens (including phenoxy) is 1. The molecule has 1 heterocycles. The van der Waals surface area contributed by atoms with Crippen molar-refractivity contribution in [1.82, 2.24) is 0 Å². The van der Waals surface area contributed by atoms with Crippen LogP contribution in [-0.2, 0) is 14.3 Å². The minimum Gasteiger partial charge on any atom is -0.468 e. The number of aliphatic imine (C=N–C) groups is 1. The number of hydrogen-bond acceptors (Lipinski definition) is 5. The van der Waals surface area contributed by atoms with E-state index in [0.29, 0.717) is 0 Å². The lowest BCUT2D eigenvalue weighted by Crippen LogP contribution is -2.30. The molecule has 0 aromatic rings. The van der Waals surface area contributed by atoms with Crippen molar-refractivity contribution >= 4 is 28.8 Å². The van der Waals surface area contributed by atoms with Crippen LogP contribution >= 0.6 is 11.8 Å². The molecule has 0 aromatic carbocycles. The fraction of sp³-hybridized carbons (Fsp3) is 0.500. The molecule has 12 heavy (non-hydrogen) atoms. The van der Waals surface area contributed by atoms with Crippen LogP contribution in [0, 0.1) is 0 Å². The van der Waals surface area contributed by atoms with Crippen molar-refractivity contribution in [2.75, 3.05) is 7.11 Å². The lowest BCUT2D eigenvalue weighted by atomic mass is 10.3. The number of esters is 1. The summed E-state index contributed by atoms with van der Waals surface area (Å²) in [5, 5.41) is -0.401. The standard InChI is InChI=1S/C6H8N2O3S/c1-11-5(10)3-2-4(9)8-6(7)12-3/h3H,2H2,1H3,(H2,7,8,9). The third-order valence-corrected chi connectivity index (χ3v) is 2.30. The number of methoxy groups -OCH3 is 1. The fourth-order valence-corrected chi connectivity index (χ4v) is 1.67. The summed E-state index contributed by atoms with van der Waals surface area (Å²) in [7, 11) is 1.27. The average Bonchev–Trinajstić information content (AvgIpc) is 2.01. The summed E-state index contributed by atoms with van der Waals surface area (Å²) in [5.74, 6) is -0.812. The minimum absolute atomic E-state index is 0.0675. The van der Waals surface area contributed by atoms with Gasteiger partial charge in [-0.2, -0.15) is 4.99 Å². The SMILES string of the molecule is COC(=O)C1CC(=O)N=C(N)S1. The number of nitrogens with two attached hydrogens (primary N) is 1. The first kappa shape index (κ1) is 9.05. The van der Waals surface area contributed by atoms with Gasteiger partial charge < -0.3 is 10.5 Å². The lowest BCUT2D eigenvalue weighted by Gasteiger charge is -2.15. The van der Waals surface area contributed by atoms with Gasteiger partial charge in [0.1, 0.15) is 5.25 Å². The number of thioether (sulfide) groups is 1. The molecule has 1 aliphatic rings. The minimum atomic E-state index is -0.528. The van der Waals surface area contributed by atoms with E-state index in [1.165, 1.54) is 7.11 Å². The summed E-state index contributed by atoms with van der Waals surface area (Å²) in [5.41, 5.74) is 5.29. The van der Waals surface area contributed by atoms with E-state index in [0.717, 1.165) is 11.8 Å². The molecule has 0 saturated carbocycles. The Hall–Kier alpha value is -1.04. The number of amides is 1. The largest absolute Gasteiger partial charge is 0.468 e. The molecule has 6 heteroatoms. The molecule has 0 fully saturated rings. The van der Waals surface area contributed by atoms with Gasteiger partial charge in [0.05, 0.1) is 13.5 Å². The summed E-state index contributed by atoms with van der Waals surface area (Å²) >= 11 is 1.06. The van der Waals surface area contributed by atoms with Crippen LogP contribution in [-0.4, -0.2) is 29.4 Å². The molecule has 1 aliphatic heterocycles. The number of carbonyl (C=O) groups is 2. The molecule has 0 saturated heterocycles. The van der Waals surface area contributed by atoms with Gasteiger partial charge in [0, 0.05) is 0 Å². The highest BCUT2D eigenvalue weighted by Gasteiger charge is 2.28. The topological polar surface area (TPSA) is 81.8 Å². The Morgan fingerprint density at radius 3 is 3.00 bits per heavy atom. The van der Waals surface area contributed by atoms with Crippen LogP contribution in [0.2, 0.25) is 0 Å². The van der Waals surface area contributed by atoms with Gasteiger partial charge in [-0.15, -0.1) is 0 Å². The molecule has 2 N–H and O–H groups in total. The Kier molecular flexibility index (Phi) is 2.69. The van der Waals surface area contributed by atoms with Gasteiger partial charge in [-0.3, -0.25) is 9.59 Å². The Morgan fingerprint density at radius 2 is 2.50 bits per heavy atom. The zero-order valence-corrected chi connectivity index (χ0v) is 7.26. The highest BCUT2D eigenvalue weighted by molar-refractivity contribution is 8.15. The Balaban J connectivity index is 2.67. The Labute approximate surface area is 73.4 Å². The van der Waals surface area contributed by atoms with Crippen LogP contribution in [0.25, 0.3) is 0 Å². The van der Waals surface area contributed by atoms with Crippen molar-refractivity contribution in [1.29, 1.82) is 0 Å². The van der Waals surface area contributed by atoms with Gasteiger partial charge in [-0.1, -0.05) is 11.8 Å². The summed E-state index contributed by atoms with van der Waals surface area (Å²) in [6, 6.07) is 0. The van der Waals surface area contributed by atoms with Gasteiger partial charge in [0.25, 0.3) is 0 Å². The fourth-order valence-electron chi connectivity index (χ4n) is 0.804. The molecule has 5 nitrogen and oxygen atoms in total. The molecule has 0 bridgehead atoms. The summed E-state index contributed by atoms with van der Waals surface area (Å²) in [4.78, 5) is 25.2. The third-order valence-electron chi connectivity index (χ3n) is 1.32. The third kappa shape index (κ3) is 1.97. The maximum absolute atomic E-state index is 11.0. The van der Waals surface area contributed by atoms with Crippen LogP contribution in [0.5, 0.6) is 0 Å². The Bertz CT molecular complexity index is 251. The van der Waals surface area contributed by atoms with Crippen LogP contribution in [0.3, 0.4) is 0 Å². The van der Waals surface area contributed by atoms with E-state index in [1.54, 1.807) is 0 Å². The van der Waals surface area contributed by atoms with Crippen molar-refractivity contribution in [3.63, 3.8) is 0 Å². The van der Waals surface area contributed by atoms with Gasteiger partial charge >= 0.3 is 5.97 Å². The zero-order chi connectivity index (χ0) is 9.14. The molecule has 0 aliphatic carbocycles. The second-order valence-electron chi connectivity index (χ2n) is 2.18. The molecule has 1 rings (SSSR count). The highest BCUT2D eigenvalue weighted by atomic mass is 32.2. The number of nitrogens with zero attached hydrogens (tertiary/aromatic N) is 1. The molecular weight excluding hydrogens is 180 g/mol. The van der Waals surface area contributed by atoms with E-state index in [1.807, 2.05) is 0 Å². The second-order valence-corrected chi connectivity index (χ2v) is 3.40. The van der Waals surface area contributed by atoms with Gasteiger partial charge in [0.15, 0.2) is 5.17 Å². The predicted molar refractivity (Wildman–Crippen MR) is 44.6 cm³/mol. The molecule has 1 atom stereocenters. The number of amidine groups is 1. The van der Waals surface area contributed by atoms with Gasteiger partial charge in [0.2, 0.25) is 5.91 Å². The van der Waals surface area contributed by atoms with E-state index in [2.05, 4.69) is 9.73 Å². The number of hydrogen-bond donors (Lipinski definition) is 1. The van der Waals surface area contributed by atoms with E-state index in [9.17, 15) is 9.59 Å². The summed E-state index contributed by atoms with van der Waals surface area (Å²) in [6.07, 6.45) is 0.0675. The molecule has 1 amide bonds. The molecule has 0 spiro atoms. The number of carbonyl (C=O) groups excluding carboxylic acids is 2. The maximum Gasteiger partial charge on any atom is 0.319 e.